The highest BCUT2D eigenvalue weighted by Crippen LogP contribution is 2.43. The van der Waals surface area contributed by atoms with Crippen LogP contribution in [0.5, 0.6) is 0 Å². The Balaban J connectivity index is 1.90. The van der Waals surface area contributed by atoms with E-state index < -0.39 is 8.32 Å². The first-order chi connectivity index (χ1) is 13.3. The van der Waals surface area contributed by atoms with Gasteiger partial charge in [0, 0.05) is 25.0 Å². The topological polar surface area (TPSA) is 42.4 Å². The number of hydrogen-bond acceptors (Lipinski definition) is 4. The van der Waals surface area contributed by atoms with Gasteiger partial charge in [0.15, 0.2) is 14.1 Å². The van der Waals surface area contributed by atoms with Crippen LogP contribution in [0.3, 0.4) is 0 Å². The average molecular weight is 417 g/mol. The molecule has 29 heavy (non-hydrogen) atoms. The third-order valence-electron chi connectivity index (χ3n) is 7.55. The fourth-order valence-corrected chi connectivity index (χ4v) is 6.31. The third kappa shape index (κ3) is 4.18. The molecule has 0 N–H and O–H groups in total. The first-order valence-corrected chi connectivity index (χ1v) is 14.2. The number of carbonyl (C=O) groups excluding carboxylic acids is 1. The van der Waals surface area contributed by atoms with Crippen molar-refractivity contribution in [2.45, 2.75) is 91.5 Å². The molecule has 0 saturated carbocycles. The third-order valence-corrected chi connectivity index (χ3v) is 12.0. The molecule has 5 heteroatoms. The second-order valence-corrected chi connectivity index (χ2v) is 15.8. The molecule has 0 bridgehead atoms. The molecule has 0 amide bonds. The van der Waals surface area contributed by atoms with Crippen LogP contribution >= 0.6 is 0 Å². The first-order valence-electron chi connectivity index (χ1n) is 11.3. The molecule has 1 aromatic heterocycles. The van der Waals surface area contributed by atoms with Crippen LogP contribution in [0, 0.1) is 11.8 Å². The van der Waals surface area contributed by atoms with E-state index in [1.807, 2.05) is 6.20 Å². The molecular formula is C24H40N2O2Si. The molecule has 0 spiro atoms. The van der Waals surface area contributed by atoms with Crippen molar-refractivity contribution in [3.63, 3.8) is 0 Å². The first kappa shape index (κ1) is 22.5. The number of rotatable bonds is 4. The van der Waals surface area contributed by atoms with E-state index in [2.05, 4.69) is 64.5 Å². The predicted octanol–water partition coefficient (Wildman–Crippen LogP) is 5.82. The van der Waals surface area contributed by atoms with E-state index in [4.69, 9.17) is 4.43 Å². The lowest BCUT2D eigenvalue weighted by molar-refractivity contribution is 0.0626. The Bertz CT molecular complexity index is 772. The molecular weight excluding hydrogens is 376 g/mol. The molecule has 1 aliphatic heterocycles. The van der Waals surface area contributed by atoms with Crippen molar-refractivity contribution < 1.29 is 9.22 Å². The van der Waals surface area contributed by atoms with E-state index in [1.165, 1.54) is 11.3 Å². The van der Waals surface area contributed by atoms with Crippen LogP contribution in [0.2, 0.25) is 18.1 Å². The highest BCUT2D eigenvalue weighted by molar-refractivity contribution is 6.74. The van der Waals surface area contributed by atoms with Crippen LogP contribution in [0.1, 0.15) is 82.4 Å². The smallest absolute Gasteiger partial charge is 0.192 e. The lowest BCUT2D eigenvalue weighted by Gasteiger charge is -2.48. The van der Waals surface area contributed by atoms with Gasteiger partial charge < -0.3 is 9.33 Å². The van der Waals surface area contributed by atoms with Gasteiger partial charge in [0.1, 0.15) is 0 Å². The summed E-state index contributed by atoms with van der Waals surface area (Å²) < 4.78 is 6.87. The molecule has 2 heterocycles. The molecule has 1 unspecified atom stereocenters. The molecule has 0 aromatic carbocycles. The molecule has 1 saturated heterocycles. The number of piperidine rings is 1. The maximum absolute atomic E-state index is 12.4. The van der Waals surface area contributed by atoms with Crippen molar-refractivity contribution in [2.75, 3.05) is 18.0 Å². The summed E-state index contributed by atoms with van der Waals surface area (Å²) in [5.74, 6) is 1.46. The van der Waals surface area contributed by atoms with Crippen molar-refractivity contribution in [2.24, 2.45) is 11.8 Å². The second kappa shape index (κ2) is 7.81. The zero-order valence-electron chi connectivity index (χ0n) is 19.9. The molecule has 2 aliphatic rings. The van der Waals surface area contributed by atoms with E-state index in [0.717, 1.165) is 37.2 Å². The molecule has 0 radical (unpaired) electrons. The van der Waals surface area contributed by atoms with Crippen molar-refractivity contribution in [1.82, 2.24) is 4.98 Å². The lowest BCUT2D eigenvalue weighted by atomic mass is 9.87. The van der Waals surface area contributed by atoms with Crippen LogP contribution in [-0.2, 0) is 10.8 Å². The Kier molecular flexibility index (Phi) is 6.05. The summed E-state index contributed by atoms with van der Waals surface area (Å²) in [7, 11) is -1.81. The Morgan fingerprint density at radius 1 is 1.17 bits per heavy atom. The lowest BCUT2D eigenvalue weighted by Crippen LogP contribution is -2.54. The number of Topliss-reactive ketones (excluding diaryl/α,β-unsaturated/α-hetero) is 1. The zero-order valence-corrected chi connectivity index (χ0v) is 20.9. The molecule has 4 nitrogen and oxygen atoms in total. The molecule has 162 valence electrons. The summed E-state index contributed by atoms with van der Waals surface area (Å²) in [6.45, 7) is 22.1. The van der Waals surface area contributed by atoms with Crippen molar-refractivity contribution in [3.8, 4) is 0 Å². The molecule has 3 rings (SSSR count). The number of pyridine rings is 1. The van der Waals surface area contributed by atoms with E-state index in [9.17, 15) is 4.79 Å². The predicted molar refractivity (Wildman–Crippen MR) is 124 cm³/mol. The molecule has 1 fully saturated rings. The minimum Gasteiger partial charge on any atom is -0.413 e. The van der Waals surface area contributed by atoms with Crippen LogP contribution in [-0.4, -0.2) is 38.3 Å². The van der Waals surface area contributed by atoms with Gasteiger partial charge in [-0.25, -0.2) is 0 Å². The summed E-state index contributed by atoms with van der Waals surface area (Å²) in [4.78, 5) is 19.6. The largest absolute Gasteiger partial charge is 0.413 e. The number of carbonyl (C=O) groups is 1. The highest BCUT2D eigenvalue weighted by Gasteiger charge is 2.44. The SMILES string of the molecule is CC(=O)c1cnc2c(c1N1CC(C)[C@H](O[Si](C)(C)C(C)(C)C)[C@@H](C)C1)CC[C@H]2C. The Hall–Kier alpha value is -1.20. The van der Waals surface area contributed by atoms with E-state index >= 15 is 0 Å². The highest BCUT2D eigenvalue weighted by atomic mass is 28.4. The van der Waals surface area contributed by atoms with Crippen molar-refractivity contribution in [1.29, 1.82) is 0 Å². The van der Waals surface area contributed by atoms with Crippen molar-refractivity contribution >= 4 is 19.8 Å². The van der Waals surface area contributed by atoms with Gasteiger partial charge in [-0.3, -0.25) is 9.78 Å². The van der Waals surface area contributed by atoms with Crippen LogP contribution in [0.4, 0.5) is 5.69 Å². The Labute approximate surface area is 178 Å². The normalized spacial score (nSPS) is 27.8. The Morgan fingerprint density at radius 3 is 2.28 bits per heavy atom. The van der Waals surface area contributed by atoms with Gasteiger partial charge in [-0.2, -0.15) is 0 Å². The Morgan fingerprint density at radius 2 is 1.76 bits per heavy atom. The van der Waals surface area contributed by atoms with Crippen molar-refractivity contribution in [3.05, 3.63) is 23.0 Å². The van der Waals surface area contributed by atoms with Crippen LogP contribution in [0.15, 0.2) is 6.20 Å². The van der Waals surface area contributed by atoms with E-state index in [-0.39, 0.29) is 16.9 Å². The fraction of sp³-hybridized carbons (Fsp3) is 0.750. The standard InChI is InChI=1S/C24H40N2O2Si/c1-15-10-11-19-21(15)25-12-20(18(4)27)22(19)26-13-16(2)23(17(3)14-26)28-29(8,9)24(5,6)7/h12,15-17,23H,10-11,13-14H2,1-9H3/t15-,16+,17?,23-/m1/s1. The maximum atomic E-state index is 12.4. The summed E-state index contributed by atoms with van der Waals surface area (Å²) in [5, 5.41) is 0.216. The summed E-state index contributed by atoms with van der Waals surface area (Å²) >= 11 is 0. The number of hydrogen-bond donors (Lipinski definition) is 0. The van der Waals surface area contributed by atoms with Gasteiger partial charge in [0.05, 0.1) is 17.4 Å². The second-order valence-electron chi connectivity index (χ2n) is 11.1. The summed E-state index contributed by atoms with van der Waals surface area (Å²) in [6.07, 6.45) is 4.27. The molecule has 4 atom stereocenters. The van der Waals surface area contributed by atoms with Gasteiger partial charge in [-0.15, -0.1) is 0 Å². The van der Waals surface area contributed by atoms with Gasteiger partial charge in [-0.05, 0) is 61.2 Å². The van der Waals surface area contributed by atoms with Gasteiger partial charge >= 0.3 is 0 Å². The number of aromatic nitrogens is 1. The van der Waals surface area contributed by atoms with E-state index in [1.54, 1.807) is 6.92 Å². The monoisotopic (exact) mass is 416 g/mol. The maximum Gasteiger partial charge on any atom is 0.192 e. The van der Waals surface area contributed by atoms with Crippen LogP contribution in [0.25, 0.3) is 0 Å². The average Bonchev–Trinajstić information content (AvgIpc) is 2.97. The van der Waals surface area contributed by atoms with E-state index in [0.29, 0.717) is 17.8 Å². The van der Waals surface area contributed by atoms with Gasteiger partial charge in [-0.1, -0.05) is 41.5 Å². The number of ketones is 1. The molecule has 1 aromatic rings. The van der Waals surface area contributed by atoms with Crippen LogP contribution < -0.4 is 4.90 Å². The fourth-order valence-electron chi connectivity index (χ4n) is 4.81. The molecule has 1 aliphatic carbocycles. The summed E-state index contributed by atoms with van der Waals surface area (Å²) in [5.41, 5.74) is 4.47. The zero-order chi connectivity index (χ0) is 21.7. The number of anilines is 1. The quantitative estimate of drug-likeness (QED) is 0.458. The number of nitrogens with zero attached hydrogens (tertiary/aromatic N) is 2. The number of fused-ring (bicyclic) bond motifs is 1. The van der Waals surface area contributed by atoms with Gasteiger partial charge in [0.25, 0.3) is 0 Å². The minimum atomic E-state index is -1.81. The van der Waals surface area contributed by atoms with Gasteiger partial charge in [0.2, 0.25) is 0 Å². The minimum absolute atomic E-state index is 0.120. The summed E-state index contributed by atoms with van der Waals surface area (Å²) in [6, 6.07) is 0.